The highest BCUT2D eigenvalue weighted by Gasteiger charge is 2.54. The molecule has 23 heavy (non-hydrogen) atoms. The molecule has 116 valence electrons. The first-order chi connectivity index (χ1) is 11.1. The molecule has 2 aromatic rings. The summed E-state index contributed by atoms with van der Waals surface area (Å²) in [4.78, 5) is 24.9. The minimum absolute atomic E-state index is 0.328. The number of carbonyl (C=O) groups is 2. The number of hydrogen-bond acceptors (Lipinski definition) is 4. The summed E-state index contributed by atoms with van der Waals surface area (Å²) in [5.74, 6) is -2.76. The van der Waals surface area contributed by atoms with E-state index in [9.17, 15) is 9.59 Å². The Labute approximate surface area is 134 Å². The van der Waals surface area contributed by atoms with Gasteiger partial charge >= 0.3 is 0 Å². The highest BCUT2D eigenvalue weighted by atomic mass is 16.7. The quantitative estimate of drug-likeness (QED) is 0.494. The second-order valence-electron chi connectivity index (χ2n) is 5.23. The number of hydrogen-bond donors (Lipinski definition) is 0. The van der Waals surface area contributed by atoms with Gasteiger partial charge in [0.15, 0.2) is 0 Å². The zero-order valence-corrected chi connectivity index (χ0v) is 12.9. The Morgan fingerprint density at radius 3 is 2.04 bits per heavy atom. The number of ketones is 2. The van der Waals surface area contributed by atoms with Gasteiger partial charge in [0.25, 0.3) is 5.79 Å². The molecule has 1 aliphatic rings. The van der Waals surface area contributed by atoms with Gasteiger partial charge in [0, 0.05) is 25.3 Å². The van der Waals surface area contributed by atoms with Gasteiger partial charge in [-0.15, -0.1) is 0 Å². The van der Waals surface area contributed by atoms with Gasteiger partial charge in [-0.1, -0.05) is 48.6 Å². The molecule has 0 radical (unpaired) electrons. The van der Waals surface area contributed by atoms with Crippen molar-refractivity contribution in [3.63, 3.8) is 0 Å². The highest BCUT2D eigenvalue weighted by molar-refractivity contribution is 6.31. The average Bonchev–Trinajstić information content (AvgIpc) is 2.82. The molecule has 0 heterocycles. The van der Waals surface area contributed by atoms with Crippen LogP contribution in [0.1, 0.15) is 31.8 Å². The lowest BCUT2D eigenvalue weighted by atomic mass is 10.0. The van der Waals surface area contributed by atoms with Gasteiger partial charge in [-0.3, -0.25) is 9.59 Å². The number of carbonyl (C=O) groups excluding carboxylic acids is 2. The van der Waals surface area contributed by atoms with Crippen molar-refractivity contribution in [3.05, 3.63) is 70.8 Å². The highest BCUT2D eigenvalue weighted by Crippen LogP contribution is 2.34. The van der Waals surface area contributed by atoms with E-state index < -0.39 is 17.4 Å². The van der Waals surface area contributed by atoms with Crippen LogP contribution in [0.3, 0.4) is 0 Å². The predicted molar refractivity (Wildman–Crippen MR) is 87.2 cm³/mol. The van der Waals surface area contributed by atoms with Gasteiger partial charge < -0.3 is 9.47 Å². The molecule has 3 rings (SSSR count). The molecule has 0 N–H and O–H groups in total. The Bertz CT molecular complexity index is 786. The van der Waals surface area contributed by atoms with Crippen LogP contribution in [0.5, 0.6) is 0 Å². The Balaban J connectivity index is 1.96. The monoisotopic (exact) mass is 308 g/mol. The Kier molecular flexibility index (Phi) is 3.94. The van der Waals surface area contributed by atoms with Crippen molar-refractivity contribution in [1.82, 2.24) is 0 Å². The molecule has 1 aliphatic carbocycles. The third kappa shape index (κ3) is 2.42. The minimum atomic E-state index is -1.84. The van der Waals surface area contributed by atoms with Crippen LogP contribution in [0.25, 0.3) is 12.2 Å². The number of ether oxygens (including phenoxy) is 2. The fraction of sp³-hybridized carbons (Fsp3) is 0.158. The van der Waals surface area contributed by atoms with E-state index in [1.807, 2.05) is 42.5 Å². The lowest BCUT2D eigenvalue weighted by Gasteiger charge is -2.21. The van der Waals surface area contributed by atoms with E-state index in [1.54, 1.807) is 18.2 Å². The summed E-state index contributed by atoms with van der Waals surface area (Å²) in [5.41, 5.74) is 2.54. The molecule has 0 bridgehead atoms. The molecule has 4 heteroatoms. The lowest BCUT2D eigenvalue weighted by Crippen LogP contribution is -2.45. The van der Waals surface area contributed by atoms with Crippen molar-refractivity contribution >= 4 is 23.7 Å². The van der Waals surface area contributed by atoms with Gasteiger partial charge in [0.2, 0.25) is 11.6 Å². The maximum absolute atomic E-state index is 12.5. The second kappa shape index (κ2) is 5.91. The first-order valence-electron chi connectivity index (χ1n) is 7.19. The third-order valence-electron chi connectivity index (χ3n) is 3.97. The normalized spacial score (nSPS) is 16.1. The molecule has 0 unspecified atom stereocenters. The van der Waals surface area contributed by atoms with E-state index in [0.29, 0.717) is 11.1 Å². The summed E-state index contributed by atoms with van der Waals surface area (Å²) in [6, 6.07) is 15.0. The summed E-state index contributed by atoms with van der Waals surface area (Å²) in [7, 11) is 2.59. The van der Waals surface area contributed by atoms with Gasteiger partial charge in [0.05, 0.1) is 0 Å². The third-order valence-corrected chi connectivity index (χ3v) is 3.97. The Hall–Kier alpha value is -2.56. The minimum Gasteiger partial charge on any atom is -0.341 e. The van der Waals surface area contributed by atoms with Gasteiger partial charge in [0.1, 0.15) is 0 Å². The van der Waals surface area contributed by atoms with Crippen molar-refractivity contribution in [3.8, 4) is 0 Å². The molecule has 0 aliphatic heterocycles. The molecule has 0 aromatic heterocycles. The molecule has 0 atom stereocenters. The maximum atomic E-state index is 12.5. The fourth-order valence-electron chi connectivity index (χ4n) is 2.72. The zero-order chi connectivity index (χ0) is 16.4. The van der Waals surface area contributed by atoms with E-state index in [2.05, 4.69) is 0 Å². The van der Waals surface area contributed by atoms with Crippen LogP contribution in [0.4, 0.5) is 0 Å². The first-order valence-corrected chi connectivity index (χ1v) is 7.19. The number of benzene rings is 2. The van der Waals surface area contributed by atoms with Crippen LogP contribution in [-0.4, -0.2) is 31.6 Å². The average molecular weight is 308 g/mol. The van der Waals surface area contributed by atoms with E-state index in [1.165, 1.54) is 14.2 Å². The van der Waals surface area contributed by atoms with Crippen LogP contribution in [0.15, 0.2) is 48.5 Å². The Morgan fingerprint density at radius 2 is 1.39 bits per heavy atom. The first kappa shape index (κ1) is 15.3. The molecular formula is C19H16O4. The van der Waals surface area contributed by atoms with Crippen molar-refractivity contribution in [2.24, 2.45) is 0 Å². The topological polar surface area (TPSA) is 52.6 Å². The van der Waals surface area contributed by atoms with E-state index >= 15 is 0 Å². The summed E-state index contributed by atoms with van der Waals surface area (Å²) in [5, 5.41) is 0. The molecule has 0 spiro atoms. The van der Waals surface area contributed by atoms with Crippen LogP contribution < -0.4 is 0 Å². The van der Waals surface area contributed by atoms with Crippen LogP contribution in [-0.2, 0) is 9.47 Å². The maximum Gasteiger partial charge on any atom is 0.299 e. The number of rotatable bonds is 4. The summed E-state index contributed by atoms with van der Waals surface area (Å²) >= 11 is 0. The number of Topliss-reactive ketones (excluding diaryl/α,β-unsaturated/α-hetero) is 2. The molecule has 0 fully saturated rings. The number of fused-ring (bicyclic) bond motifs is 1. The van der Waals surface area contributed by atoms with Crippen molar-refractivity contribution in [1.29, 1.82) is 0 Å². The van der Waals surface area contributed by atoms with E-state index in [0.717, 1.165) is 11.1 Å². The molecule has 0 saturated heterocycles. The SMILES string of the molecule is COC1(OC)C(=O)c2ccc(/C=C/c3ccccc3)cc2C1=O. The van der Waals surface area contributed by atoms with Crippen molar-refractivity contribution in [2.75, 3.05) is 14.2 Å². The van der Waals surface area contributed by atoms with Gasteiger partial charge in [-0.05, 0) is 23.3 Å². The second-order valence-corrected chi connectivity index (χ2v) is 5.23. The zero-order valence-electron chi connectivity index (χ0n) is 12.9. The summed E-state index contributed by atoms with van der Waals surface area (Å²) in [6.07, 6.45) is 3.84. The summed E-state index contributed by atoms with van der Waals surface area (Å²) < 4.78 is 10.2. The lowest BCUT2D eigenvalue weighted by molar-refractivity contribution is -0.133. The van der Waals surface area contributed by atoms with Gasteiger partial charge in [-0.25, -0.2) is 0 Å². The van der Waals surface area contributed by atoms with Crippen LogP contribution in [0.2, 0.25) is 0 Å². The number of methoxy groups -OCH3 is 2. The van der Waals surface area contributed by atoms with E-state index in [-0.39, 0.29) is 0 Å². The van der Waals surface area contributed by atoms with Crippen LogP contribution >= 0.6 is 0 Å². The summed E-state index contributed by atoms with van der Waals surface area (Å²) in [6.45, 7) is 0. The molecular weight excluding hydrogens is 292 g/mol. The van der Waals surface area contributed by atoms with Crippen LogP contribution in [0, 0.1) is 0 Å². The standard InChI is InChI=1S/C19H16O4/c1-22-19(23-2)17(20)15-11-10-14(12-16(15)18(19)21)9-8-13-6-4-3-5-7-13/h3-12H,1-2H3/b9-8+. The molecule has 2 aromatic carbocycles. The fourth-order valence-corrected chi connectivity index (χ4v) is 2.72. The molecule has 4 nitrogen and oxygen atoms in total. The van der Waals surface area contributed by atoms with Gasteiger partial charge in [-0.2, -0.15) is 0 Å². The molecule has 0 amide bonds. The predicted octanol–water partition coefficient (Wildman–Crippen LogP) is 3.23. The van der Waals surface area contributed by atoms with E-state index in [4.69, 9.17) is 9.47 Å². The Morgan fingerprint density at radius 1 is 0.783 bits per heavy atom. The molecule has 0 saturated carbocycles. The smallest absolute Gasteiger partial charge is 0.299 e. The largest absolute Gasteiger partial charge is 0.341 e. The van der Waals surface area contributed by atoms with Crippen molar-refractivity contribution in [2.45, 2.75) is 5.79 Å². The van der Waals surface area contributed by atoms with Crippen molar-refractivity contribution < 1.29 is 19.1 Å².